The van der Waals surface area contributed by atoms with Crippen molar-refractivity contribution in [3.05, 3.63) is 35.9 Å². The van der Waals surface area contributed by atoms with Gasteiger partial charge in [-0.1, -0.05) is 30.3 Å². The van der Waals surface area contributed by atoms with Crippen LogP contribution >= 0.6 is 0 Å². The summed E-state index contributed by atoms with van der Waals surface area (Å²) in [4.78, 5) is 2.47. The second-order valence-corrected chi connectivity index (χ2v) is 5.95. The Balaban J connectivity index is 1.55. The number of hydrogen-bond acceptors (Lipinski definition) is 2. The Morgan fingerprint density at radius 2 is 2.00 bits per heavy atom. The molecule has 0 aromatic heterocycles. The van der Waals surface area contributed by atoms with Crippen molar-refractivity contribution in [3.63, 3.8) is 0 Å². The van der Waals surface area contributed by atoms with Crippen molar-refractivity contribution in [2.24, 2.45) is 0 Å². The van der Waals surface area contributed by atoms with Gasteiger partial charge in [-0.2, -0.15) is 0 Å². The fraction of sp³-hybridized carbons (Fsp3) is 0.647. The summed E-state index contributed by atoms with van der Waals surface area (Å²) in [6.45, 7) is 4.75. The number of piperidine rings is 1. The molecule has 1 fully saturated rings. The quantitative estimate of drug-likeness (QED) is 0.791. The number of benzene rings is 1. The van der Waals surface area contributed by atoms with E-state index in [2.05, 4.69) is 54.5 Å². The van der Waals surface area contributed by atoms with Crippen LogP contribution < -0.4 is 5.32 Å². The molecule has 2 unspecified atom stereocenters. The smallest absolute Gasteiger partial charge is 0.00940 e. The summed E-state index contributed by atoms with van der Waals surface area (Å²) in [6.07, 6.45) is 6.40. The highest BCUT2D eigenvalue weighted by Crippen LogP contribution is 2.15. The maximum absolute atomic E-state index is 3.73. The molecule has 0 bridgehead atoms. The molecular formula is C17H28N2. The van der Waals surface area contributed by atoms with Gasteiger partial charge in [0.15, 0.2) is 0 Å². The minimum Gasteiger partial charge on any atom is -0.314 e. The summed E-state index contributed by atoms with van der Waals surface area (Å²) in [7, 11) is 2.24. The highest BCUT2D eigenvalue weighted by Gasteiger charge is 2.21. The predicted octanol–water partition coefficient (Wildman–Crippen LogP) is 3.08. The second kappa shape index (κ2) is 7.66. The third-order valence-electron chi connectivity index (χ3n) is 4.38. The molecular weight excluding hydrogens is 232 g/mol. The molecule has 1 N–H and O–H groups in total. The first-order valence-corrected chi connectivity index (χ1v) is 7.73. The molecule has 0 amide bonds. The van der Waals surface area contributed by atoms with E-state index in [1.54, 1.807) is 0 Å². The molecule has 2 atom stereocenters. The first kappa shape index (κ1) is 14.5. The topological polar surface area (TPSA) is 15.3 Å². The van der Waals surface area contributed by atoms with E-state index in [0.717, 1.165) is 12.1 Å². The Morgan fingerprint density at radius 1 is 1.21 bits per heavy atom. The lowest BCUT2D eigenvalue weighted by molar-refractivity contribution is 0.168. The highest BCUT2D eigenvalue weighted by molar-refractivity contribution is 5.14. The molecule has 0 aliphatic carbocycles. The van der Waals surface area contributed by atoms with Crippen LogP contribution in [0.2, 0.25) is 0 Å². The van der Waals surface area contributed by atoms with Crippen molar-refractivity contribution in [2.75, 3.05) is 20.1 Å². The summed E-state index contributed by atoms with van der Waals surface area (Å²) in [5, 5.41) is 3.73. The molecule has 1 aromatic rings. The Hall–Kier alpha value is -0.860. The van der Waals surface area contributed by atoms with Crippen LogP contribution in [-0.4, -0.2) is 37.1 Å². The fourth-order valence-electron chi connectivity index (χ4n) is 2.88. The monoisotopic (exact) mass is 260 g/mol. The Kier molecular flexibility index (Phi) is 5.87. The summed E-state index contributed by atoms with van der Waals surface area (Å²) in [6, 6.07) is 12.3. The van der Waals surface area contributed by atoms with Crippen molar-refractivity contribution < 1.29 is 0 Å². The van der Waals surface area contributed by atoms with Crippen LogP contribution in [0.3, 0.4) is 0 Å². The van der Waals surface area contributed by atoms with Gasteiger partial charge in [0.05, 0.1) is 0 Å². The van der Waals surface area contributed by atoms with Gasteiger partial charge in [0.25, 0.3) is 0 Å². The zero-order chi connectivity index (χ0) is 13.5. The van der Waals surface area contributed by atoms with Gasteiger partial charge in [-0.15, -0.1) is 0 Å². The van der Waals surface area contributed by atoms with Gasteiger partial charge >= 0.3 is 0 Å². The molecule has 0 saturated carbocycles. The van der Waals surface area contributed by atoms with Crippen LogP contribution in [0.25, 0.3) is 0 Å². The lowest BCUT2D eigenvalue weighted by atomic mass is 9.99. The van der Waals surface area contributed by atoms with Gasteiger partial charge in [-0.3, -0.25) is 0 Å². The minimum absolute atomic E-state index is 0.732. The molecule has 1 aliphatic heterocycles. The number of likely N-dealkylation sites (tertiary alicyclic amines) is 1. The lowest BCUT2D eigenvalue weighted by Gasteiger charge is -2.35. The largest absolute Gasteiger partial charge is 0.314 e. The summed E-state index contributed by atoms with van der Waals surface area (Å²) >= 11 is 0. The summed E-state index contributed by atoms with van der Waals surface area (Å²) in [5.74, 6) is 0. The first-order valence-electron chi connectivity index (χ1n) is 7.73. The van der Waals surface area contributed by atoms with E-state index < -0.39 is 0 Å². The van der Waals surface area contributed by atoms with E-state index in [1.165, 1.54) is 50.8 Å². The SMILES string of the molecule is CC1CC(NCCCCc2ccccc2)CCN1C. The van der Waals surface area contributed by atoms with E-state index in [9.17, 15) is 0 Å². The van der Waals surface area contributed by atoms with Gasteiger partial charge in [0.2, 0.25) is 0 Å². The Labute approximate surface area is 118 Å². The van der Waals surface area contributed by atoms with Crippen LogP contribution in [-0.2, 0) is 6.42 Å². The molecule has 1 aromatic carbocycles. The molecule has 2 rings (SSSR count). The number of unbranched alkanes of at least 4 members (excludes halogenated alkanes) is 1. The molecule has 1 aliphatic rings. The number of hydrogen-bond donors (Lipinski definition) is 1. The lowest BCUT2D eigenvalue weighted by Crippen LogP contribution is -2.45. The van der Waals surface area contributed by atoms with Crippen LogP contribution in [0.5, 0.6) is 0 Å². The van der Waals surface area contributed by atoms with E-state index in [0.29, 0.717) is 0 Å². The first-order chi connectivity index (χ1) is 9.25. The molecule has 2 heteroatoms. The van der Waals surface area contributed by atoms with Crippen molar-refractivity contribution in [1.82, 2.24) is 10.2 Å². The maximum Gasteiger partial charge on any atom is 0.00940 e. The molecule has 1 saturated heterocycles. The molecule has 106 valence electrons. The zero-order valence-corrected chi connectivity index (χ0v) is 12.4. The minimum atomic E-state index is 0.732. The molecule has 1 heterocycles. The van der Waals surface area contributed by atoms with E-state index in [-0.39, 0.29) is 0 Å². The van der Waals surface area contributed by atoms with Gasteiger partial charge in [0, 0.05) is 12.1 Å². The fourth-order valence-corrected chi connectivity index (χ4v) is 2.88. The van der Waals surface area contributed by atoms with Gasteiger partial charge in [0.1, 0.15) is 0 Å². The highest BCUT2D eigenvalue weighted by atomic mass is 15.1. The van der Waals surface area contributed by atoms with Crippen LogP contribution in [0.4, 0.5) is 0 Å². The Bertz CT molecular complexity index is 350. The van der Waals surface area contributed by atoms with Crippen molar-refractivity contribution in [1.29, 1.82) is 0 Å². The summed E-state index contributed by atoms with van der Waals surface area (Å²) in [5.41, 5.74) is 1.47. The number of nitrogens with zero attached hydrogens (tertiary/aromatic N) is 1. The van der Waals surface area contributed by atoms with Crippen molar-refractivity contribution >= 4 is 0 Å². The second-order valence-electron chi connectivity index (χ2n) is 5.95. The third kappa shape index (κ3) is 4.96. The predicted molar refractivity (Wildman–Crippen MR) is 82.5 cm³/mol. The molecule has 19 heavy (non-hydrogen) atoms. The zero-order valence-electron chi connectivity index (χ0n) is 12.4. The standard InChI is InChI=1S/C17H28N2/c1-15-14-17(11-13-19(15)2)18-12-7-6-10-16-8-4-3-5-9-16/h3-5,8-9,15,17-18H,6-7,10-14H2,1-2H3. The normalized spacial score (nSPS) is 24.5. The van der Waals surface area contributed by atoms with Gasteiger partial charge in [-0.05, 0) is 64.7 Å². The van der Waals surface area contributed by atoms with Crippen LogP contribution in [0.1, 0.15) is 38.2 Å². The van der Waals surface area contributed by atoms with E-state index in [4.69, 9.17) is 0 Å². The average molecular weight is 260 g/mol. The van der Waals surface area contributed by atoms with Crippen molar-refractivity contribution in [3.8, 4) is 0 Å². The van der Waals surface area contributed by atoms with E-state index >= 15 is 0 Å². The molecule has 0 spiro atoms. The Morgan fingerprint density at radius 3 is 2.74 bits per heavy atom. The van der Waals surface area contributed by atoms with Gasteiger partial charge < -0.3 is 10.2 Å². The number of rotatable bonds is 6. The molecule has 2 nitrogen and oxygen atoms in total. The maximum atomic E-state index is 3.73. The molecule has 0 radical (unpaired) electrons. The number of nitrogens with one attached hydrogen (secondary N) is 1. The third-order valence-corrected chi connectivity index (χ3v) is 4.38. The van der Waals surface area contributed by atoms with E-state index in [1.807, 2.05) is 0 Å². The van der Waals surface area contributed by atoms with Crippen molar-refractivity contribution in [2.45, 2.75) is 51.1 Å². The summed E-state index contributed by atoms with van der Waals surface area (Å²) < 4.78 is 0. The van der Waals surface area contributed by atoms with Crippen LogP contribution in [0, 0.1) is 0 Å². The van der Waals surface area contributed by atoms with Crippen LogP contribution in [0.15, 0.2) is 30.3 Å². The average Bonchev–Trinajstić information content (AvgIpc) is 2.43. The van der Waals surface area contributed by atoms with Gasteiger partial charge in [-0.25, -0.2) is 0 Å². The number of aryl methyl sites for hydroxylation is 1.